The summed E-state index contributed by atoms with van der Waals surface area (Å²) in [4.78, 5) is 8.86. The summed E-state index contributed by atoms with van der Waals surface area (Å²) in [6, 6.07) is 6.60. The van der Waals surface area contributed by atoms with Gasteiger partial charge in [0.2, 0.25) is 0 Å². The number of nitrogens with zero attached hydrogens (tertiary/aromatic N) is 3. The second-order valence-electron chi connectivity index (χ2n) is 7.19. The summed E-state index contributed by atoms with van der Waals surface area (Å²) in [5.41, 5.74) is 3.83. The zero-order valence-corrected chi connectivity index (χ0v) is 19.2. The third-order valence-corrected chi connectivity index (χ3v) is 4.95. The van der Waals surface area contributed by atoms with E-state index in [-0.39, 0.29) is 24.0 Å². The van der Waals surface area contributed by atoms with Gasteiger partial charge in [-0.05, 0) is 49.3 Å². The van der Waals surface area contributed by atoms with E-state index >= 15 is 0 Å². The fraction of sp³-hybridized carbons (Fsp3) is 0.650. The van der Waals surface area contributed by atoms with Crippen molar-refractivity contribution in [2.75, 3.05) is 52.8 Å². The van der Waals surface area contributed by atoms with E-state index in [0.29, 0.717) is 0 Å². The van der Waals surface area contributed by atoms with E-state index in [1.54, 1.807) is 0 Å². The van der Waals surface area contributed by atoms with Crippen molar-refractivity contribution in [3.8, 4) is 0 Å². The van der Waals surface area contributed by atoms with Gasteiger partial charge >= 0.3 is 0 Å². The molecule has 1 aromatic rings. The number of aliphatic imine (C=N–C) groups is 1. The minimum Gasteiger partial charge on any atom is -0.381 e. The highest BCUT2D eigenvalue weighted by atomic mass is 127. The van der Waals surface area contributed by atoms with Crippen LogP contribution in [0.2, 0.25) is 0 Å². The fourth-order valence-corrected chi connectivity index (χ4v) is 3.32. The van der Waals surface area contributed by atoms with Gasteiger partial charge in [0.05, 0.1) is 0 Å². The Hall–Kier alpha value is -1.02. The molecule has 0 amide bonds. The highest BCUT2D eigenvalue weighted by molar-refractivity contribution is 14.0. The number of benzene rings is 1. The van der Waals surface area contributed by atoms with Gasteiger partial charge in [-0.15, -0.1) is 24.0 Å². The molecule has 0 aliphatic carbocycles. The number of anilines is 1. The summed E-state index contributed by atoms with van der Waals surface area (Å²) in [5, 5.41) is 3.51. The van der Waals surface area contributed by atoms with Crippen molar-refractivity contribution in [3.63, 3.8) is 0 Å². The Morgan fingerprint density at radius 2 is 1.92 bits per heavy atom. The van der Waals surface area contributed by atoms with Gasteiger partial charge < -0.3 is 19.9 Å². The van der Waals surface area contributed by atoms with E-state index in [4.69, 9.17) is 4.74 Å². The number of nitrogens with one attached hydrogen (secondary N) is 1. The SMILES string of the molecule is CN=C(NCc1ccc(C)cc1N(C)C)N(C)CCC1CCOCC1.I. The zero-order chi connectivity index (χ0) is 18.2. The summed E-state index contributed by atoms with van der Waals surface area (Å²) >= 11 is 0. The molecule has 0 aromatic heterocycles. The first kappa shape index (κ1) is 23.0. The Morgan fingerprint density at radius 1 is 1.23 bits per heavy atom. The van der Waals surface area contributed by atoms with E-state index in [0.717, 1.165) is 38.2 Å². The molecule has 0 atom stereocenters. The number of hydrogen-bond acceptors (Lipinski definition) is 3. The lowest BCUT2D eigenvalue weighted by Crippen LogP contribution is -2.39. The fourth-order valence-electron chi connectivity index (χ4n) is 3.32. The molecular formula is C20H35IN4O. The molecule has 1 aliphatic heterocycles. The van der Waals surface area contributed by atoms with Gasteiger partial charge in [0, 0.05) is 60.2 Å². The third kappa shape index (κ3) is 6.95. The molecule has 2 rings (SSSR count). The van der Waals surface area contributed by atoms with Crippen LogP contribution in [0.25, 0.3) is 0 Å². The summed E-state index contributed by atoms with van der Waals surface area (Å²) in [6.07, 6.45) is 3.58. The quantitative estimate of drug-likeness (QED) is 0.389. The van der Waals surface area contributed by atoms with Crippen molar-refractivity contribution in [2.24, 2.45) is 10.9 Å². The third-order valence-electron chi connectivity index (χ3n) is 4.95. The largest absolute Gasteiger partial charge is 0.381 e. The maximum Gasteiger partial charge on any atom is 0.193 e. The average molecular weight is 474 g/mol. The summed E-state index contributed by atoms with van der Waals surface area (Å²) in [5.74, 6) is 1.74. The maximum atomic E-state index is 5.45. The highest BCUT2D eigenvalue weighted by Gasteiger charge is 2.15. The van der Waals surface area contributed by atoms with Gasteiger partial charge in [-0.3, -0.25) is 4.99 Å². The van der Waals surface area contributed by atoms with Crippen LogP contribution in [0, 0.1) is 12.8 Å². The molecule has 1 saturated heterocycles. The van der Waals surface area contributed by atoms with Gasteiger partial charge in [-0.1, -0.05) is 12.1 Å². The second kappa shape index (κ2) is 11.6. The zero-order valence-electron chi connectivity index (χ0n) is 16.9. The minimum absolute atomic E-state index is 0. The first-order chi connectivity index (χ1) is 12.0. The van der Waals surface area contributed by atoms with Crippen molar-refractivity contribution in [1.82, 2.24) is 10.2 Å². The Labute approximate surface area is 176 Å². The molecule has 0 spiro atoms. The van der Waals surface area contributed by atoms with Crippen LogP contribution in [0.5, 0.6) is 0 Å². The van der Waals surface area contributed by atoms with Gasteiger partial charge in [0.1, 0.15) is 0 Å². The van der Waals surface area contributed by atoms with E-state index in [1.807, 2.05) is 7.05 Å². The first-order valence-electron chi connectivity index (χ1n) is 9.27. The molecule has 0 saturated carbocycles. The van der Waals surface area contributed by atoms with E-state index in [1.165, 1.54) is 36.1 Å². The molecule has 26 heavy (non-hydrogen) atoms. The lowest BCUT2D eigenvalue weighted by molar-refractivity contribution is 0.0625. The van der Waals surface area contributed by atoms with Crippen LogP contribution in [-0.4, -0.2) is 58.8 Å². The van der Waals surface area contributed by atoms with Crippen molar-refractivity contribution in [3.05, 3.63) is 29.3 Å². The Morgan fingerprint density at radius 3 is 2.54 bits per heavy atom. The van der Waals surface area contributed by atoms with Gasteiger partial charge in [0.25, 0.3) is 0 Å². The lowest BCUT2D eigenvalue weighted by Gasteiger charge is -2.27. The van der Waals surface area contributed by atoms with Crippen molar-refractivity contribution >= 4 is 35.6 Å². The topological polar surface area (TPSA) is 40.1 Å². The van der Waals surface area contributed by atoms with Crippen LogP contribution < -0.4 is 10.2 Å². The van der Waals surface area contributed by atoms with Gasteiger partial charge in [0.15, 0.2) is 5.96 Å². The Bertz CT molecular complexity index is 571. The predicted octanol–water partition coefficient (Wildman–Crippen LogP) is 3.50. The molecule has 1 aliphatic rings. The molecule has 0 unspecified atom stereocenters. The van der Waals surface area contributed by atoms with Gasteiger partial charge in [-0.2, -0.15) is 0 Å². The number of hydrogen-bond donors (Lipinski definition) is 1. The molecule has 1 aromatic carbocycles. The van der Waals surface area contributed by atoms with E-state index < -0.39 is 0 Å². The number of aryl methyl sites for hydroxylation is 1. The number of halogens is 1. The van der Waals surface area contributed by atoms with Crippen molar-refractivity contribution in [1.29, 1.82) is 0 Å². The Balaban J connectivity index is 0.00000338. The standard InChI is InChI=1S/C20H34N4O.HI/c1-16-6-7-18(19(14-16)23(3)4)15-22-20(21-2)24(5)11-8-17-9-12-25-13-10-17;/h6-7,14,17H,8-13,15H2,1-5H3,(H,21,22);1H. The van der Waals surface area contributed by atoms with Crippen LogP contribution in [0.1, 0.15) is 30.4 Å². The number of guanidine groups is 1. The molecule has 0 bridgehead atoms. The number of rotatable bonds is 6. The van der Waals surface area contributed by atoms with E-state index in [9.17, 15) is 0 Å². The lowest BCUT2D eigenvalue weighted by atomic mass is 9.96. The second-order valence-corrected chi connectivity index (χ2v) is 7.19. The van der Waals surface area contributed by atoms with Crippen LogP contribution in [0.4, 0.5) is 5.69 Å². The van der Waals surface area contributed by atoms with Gasteiger partial charge in [-0.25, -0.2) is 0 Å². The molecule has 5 nitrogen and oxygen atoms in total. The number of ether oxygens (including phenoxy) is 1. The smallest absolute Gasteiger partial charge is 0.193 e. The summed E-state index contributed by atoms with van der Waals surface area (Å²) < 4.78 is 5.45. The Kier molecular flexibility index (Phi) is 10.3. The van der Waals surface area contributed by atoms with Crippen LogP contribution in [0.3, 0.4) is 0 Å². The van der Waals surface area contributed by atoms with Crippen LogP contribution in [-0.2, 0) is 11.3 Å². The maximum absolute atomic E-state index is 5.45. The average Bonchev–Trinajstić information content (AvgIpc) is 2.62. The van der Waals surface area contributed by atoms with Crippen LogP contribution in [0.15, 0.2) is 23.2 Å². The van der Waals surface area contributed by atoms with E-state index in [2.05, 4.69) is 66.4 Å². The first-order valence-corrected chi connectivity index (χ1v) is 9.27. The summed E-state index contributed by atoms with van der Waals surface area (Å²) in [6.45, 7) is 5.78. The normalized spacial score (nSPS) is 15.3. The monoisotopic (exact) mass is 474 g/mol. The molecular weight excluding hydrogens is 439 g/mol. The van der Waals surface area contributed by atoms with Crippen LogP contribution >= 0.6 is 24.0 Å². The molecule has 1 fully saturated rings. The molecule has 6 heteroatoms. The molecule has 1 heterocycles. The summed E-state index contributed by atoms with van der Waals surface area (Å²) in [7, 11) is 8.16. The molecule has 1 N–H and O–H groups in total. The minimum atomic E-state index is 0. The molecule has 0 radical (unpaired) electrons. The van der Waals surface area contributed by atoms with Crippen molar-refractivity contribution < 1.29 is 4.74 Å². The highest BCUT2D eigenvalue weighted by Crippen LogP contribution is 2.21. The van der Waals surface area contributed by atoms with Crippen molar-refractivity contribution in [2.45, 2.75) is 32.7 Å². The predicted molar refractivity (Wildman–Crippen MR) is 122 cm³/mol. The molecule has 148 valence electrons.